The smallest absolute Gasteiger partial charge is 0.157 e. The molecule has 2 aromatic rings. The summed E-state index contributed by atoms with van der Waals surface area (Å²) < 4.78 is 5.23. The molecule has 0 aliphatic carbocycles. The van der Waals surface area contributed by atoms with E-state index in [2.05, 4.69) is 9.97 Å². The average molecular weight is 283 g/mol. The van der Waals surface area contributed by atoms with E-state index >= 15 is 0 Å². The molecule has 0 aliphatic rings. The molecule has 0 fully saturated rings. The molecule has 0 spiro atoms. The second-order valence-electron chi connectivity index (χ2n) is 3.60. The Labute approximate surface area is 116 Å². The Morgan fingerprint density at radius 3 is 2.22 bits per heavy atom. The van der Waals surface area contributed by atoms with Crippen molar-refractivity contribution >= 4 is 23.2 Å². The van der Waals surface area contributed by atoms with Gasteiger partial charge in [0.05, 0.1) is 5.56 Å². The number of ether oxygens (including phenoxy) is 1. The molecule has 3 nitrogen and oxygen atoms in total. The fraction of sp³-hybridized carbons (Fsp3) is 0.231. The highest BCUT2D eigenvalue weighted by Crippen LogP contribution is 2.32. The molecule has 94 valence electrons. The summed E-state index contributed by atoms with van der Waals surface area (Å²) >= 11 is 12.3. The van der Waals surface area contributed by atoms with Crippen molar-refractivity contribution < 1.29 is 4.74 Å². The zero-order valence-electron chi connectivity index (χ0n) is 9.86. The van der Waals surface area contributed by atoms with E-state index in [1.54, 1.807) is 0 Å². The van der Waals surface area contributed by atoms with Gasteiger partial charge in [-0.15, -0.1) is 0 Å². The molecule has 0 atom stereocenters. The monoisotopic (exact) mass is 282 g/mol. The van der Waals surface area contributed by atoms with Crippen LogP contribution in [0.1, 0.15) is 12.7 Å². The summed E-state index contributed by atoms with van der Waals surface area (Å²) in [6, 6.07) is 9.58. The van der Waals surface area contributed by atoms with Gasteiger partial charge in [0.25, 0.3) is 0 Å². The van der Waals surface area contributed by atoms with Crippen LogP contribution in [0.4, 0.5) is 0 Å². The molecule has 2 rings (SSSR count). The van der Waals surface area contributed by atoms with E-state index in [-0.39, 0.29) is 0 Å². The number of hydrogen-bond donors (Lipinski definition) is 0. The van der Waals surface area contributed by atoms with Gasteiger partial charge in [0.1, 0.15) is 16.9 Å². The average Bonchev–Trinajstić information content (AvgIpc) is 2.37. The van der Waals surface area contributed by atoms with Crippen molar-refractivity contribution in [3.8, 4) is 11.1 Å². The van der Waals surface area contributed by atoms with Crippen LogP contribution in [0.15, 0.2) is 30.3 Å². The zero-order valence-corrected chi connectivity index (χ0v) is 11.4. The van der Waals surface area contributed by atoms with Crippen molar-refractivity contribution in [2.75, 3.05) is 6.61 Å². The van der Waals surface area contributed by atoms with Gasteiger partial charge < -0.3 is 4.74 Å². The Bertz CT molecular complexity index is 509. The Kier molecular flexibility index (Phi) is 4.53. The lowest BCUT2D eigenvalue weighted by Crippen LogP contribution is -2.01. The van der Waals surface area contributed by atoms with Gasteiger partial charge in [-0.25, -0.2) is 9.97 Å². The first kappa shape index (κ1) is 13.3. The summed E-state index contributed by atoms with van der Waals surface area (Å²) in [6.45, 7) is 2.81. The number of hydrogen-bond acceptors (Lipinski definition) is 3. The second kappa shape index (κ2) is 6.14. The maximum atomic E-state index is 6.16. The first-order valence-corrected chi connectivity index (χ1v) is 6.33. The van der Waals surface area contributed by atoms with Crippen LogP contribution < -0.4 is 0 Å². The molecule has 1 aromatic heterocycles. The van der Waals surface area contributed by atoms with Gasteiger partial charge in [0.15, 0.2) is 5.82 Å². The fourth-order valence-corrected chi connectivity index (χ4v) is 2.19. The number of halogens is 2. The third-order valence-electron chi connectivity index (χ3n) is 2.36. The van der Waals surface area contributed by atoms with Gasteiger partial charge in [0, 0.05) is 6.61 Å². The van der Waals surface area contributed by atoms with Crippen LogP contribution >= 0.6 is 23.2 Å². The standard InChI is InChI=1S/C13H12Cl2N2O/c1-2-18-8-10-16-12(14)11(13(15)17-10)9-6-4-3-5-7-9/h3-7H,2,8H2,1H3. The van der Waals surface area contributed by atoms with Crippen molar-refractivity contribution in [2.24, 2.45) is 0 Å². The summed E-state index contributed by atoms with van der Waals surface area (Å²) in [6.07, 6.45) is 0. The van der Waals surface area contributed by atoms with Gasteiger partial charge in [-0.2, -0.15) is 0 Å². The molecule has 0 radical (unpaired) electrons. The molecule has 0 saturated heterocycles. The lowest BCUT2D eigenvalue weighted by atomic mass is 10.1. The highest BCUT2D eigenvalue weighted by Gasteiger charge is 2.13. The maximum absolute atomic E-state index is 6.16. The van der Waals surface area contributed by atoms with Crippen LogP contribution in [0, 0.1) is 0 Å². The number of aromatic nitrogens is 2. The molecule has 0 amide bonds. The molecule has 5 heteroatoms. The molecule has 0 aliphatic heterocycles. The molecule has 1 heterocycles. The van der Waals surface area contributed by atoms with Gasteiger partial charge in [0.2, 0.25) is 0 Å². The summed E-state index contributed by atoms with van der Waals surface area (Å²) in [4.78, 5) is 8.39. The Morgan fingerprint density at radius 2 is 1.67 bits per heavy atom. The largest absolute Gasteiger partial charge is 0.374 e. The molecule has 0 bridgehead atoms. The van der Waals surface area contributed by atoms with Crippen molar-refractivity contribution in [1.29, 1.82) is 0 Å². The Morgan fingerprint density at radius 1 is 1.06 bits per heavy atom. The maximum Gasteiger partial charge on any atom is 0.157 e. The molecule has 1 aromatic carbocycles. The van der Waals surface area contributed by atoms with Crippen LogP contribution in [-0.4, -0.2) is 16.6 Å². The molecule has 0 unspecified atom stereocenters. The third kappa shape index (κ3) is 2.99. The van der Waals surface area contributed by atoms with Gasteiger partial charge in [-0.05, 0) is 12.5 Å². The SMILES string of the molecule is CCOCc1nc(Cl)c(-c2ccccc2)c(Cl)n1. The van der Waals surface area contributed by atoms with Crippen LogP contribution in [0.5, 0.6) is 0 Å². The quantitative estimate of drug-likeness (QED) is 0.796. The fourth-order valence-electron chi connectivity index (χ4n) is 1.55. The van der Waals surface area contributed by atoms with Crippen molar-refractivity contribution in [2.45, 2.75) is 13.5 Å². The number of nitrogens with zero attached hydrogens (tertiary/aromatic N) is 2. The normalized spacial score (nSPS) is 10.6. The molecule has 18 heavy (non-hydrogen) atoms. The molecular weight excluding hydrogens is 271 g/mol. The van der Waals surface area contributed by atoms with E-state index in [4.69, 9.17) is 27.9 Å². The summed E-state index contributed by atoms with van der Waals surface area (Å²) in [5.41, 5.74) is 1.55. The van der Waals surface area contributed by atoms with Crippen molar-refractivity contribution in [3.63, 3.8) is 0 Å². The van der Waals surface area contributed by atoms with Gasteiger partial charge in [-0.1, -0.05) is 53.5 Å². The lowest BCUT2D eigenvalue weighted by Gasteiger charge is -2.08. The lowest BCUT2D eigenvalue weighted by molar-refractivity contribution is 0.128. The zero-order chi connectivity index (χ0) is 13.0. The molecular formula is C13H12Cl2N2O. The first-order chi connectivity index (χ1) is 8.72. The van der Waals surface area contributed by atoms with E-state index in [9.17, 15) is 0 Å². The van der Waals surface area contributed by atoms with Crippen LogP contribution in [0.3, 0.4) is 0 Å². The van der Waals surface area contributed by atoms with Crippen LogP contribution in [0.2, 0.25) is 10.3 Å². The Balaban J connectivity index is 2.38. The van der Waals surface area contributed by atoms with Gasteiger partial charge >= 0.3 is 0 Å². The first-order valence-electron chi connectivity index (χ1n) is 5.57. The summed E-state index contributed by atoms with van der Waals surface area (Å²) in [5, 5.41) is 0.687. The summed E-state index contributed by atoms with van der Waals surface area (Å²) in [5.74, 6) is 0.492. The Hall–Kier alpha value is -1.16. The predicted octanol–water partition coefficient (Wildman–Crippen LogP) is 3.99. The second-order valence-corrected chi connectivity index (χ2v) is 4.32. The number of benzene rings is 1. The van der Waals surface area contributed by atoms with E-state index in [0.29, 0.717) is 34.9 Å². The number of rotatable bonds is 4. The molecule has 0 saturated carbocycles. The highest BCUT2D eigenvalue weighted by molar-refractivity contribution is 6.37. The topological polar surface area (TPSA) is 35.0 Å². The van der Waals surface area contributed by atoms with Crippen molar-refractivity contribution in [3.05, 3.63) is 46.5 Å². The minimum absolute atomic E-state index is 0.311. The van der Waals surface area contributed by atoms with Crippen molar-refractivity contribution in [1.82, 2.24) is 9.97 Å². The third-order valence-corrected chi connectivity index (χ3v) is 2.91. The predicted molar refractivity (Wildman–Crippen MR) is 72.8 cm³/mol. The van der Waals surface area contributed by atoms with E-state index in [1.807, 2.05) is 37.3 Å². The van der Waals surface area contributed by atoms with E-state index < -0.39 is 0 Å². The minimum Gasteiger partial charge on any atom is -0.374 e. The van der Waals surface area contributed by atoms with Crippen LogP contribution in [0.25, 0.3) is 11.1 Å². The molecule has 0 N–H and O–H groups in total. The highest BCUT2D eigenvalue weighted by atomic mass is 35.5. The van der Waals surface area contributed by atoms with Crippen LogP contribution in [-0.2, 0) is 11.3 Å². The van der Waals surface area contributed by atoms with E-state index in [0.717, 1.165) is 5.56 Å². The van der Waals surface area contributed by atoms with Gasteiger partial charge in [-0.3, -0.25) is 0 Å². The summed E-state index contributed by atoms with van der Waals surface area (Å²) in [7, 11) is 0. The van der Waals surface area contributed by atoms with E-state index in [1.165, 1.54) is 0 Å². The minimum atomic E-state index is 0.311.